The van der Waals surface area contributed by atoms with E-state index in [0.29, 0.717) is 12.1 Å². The molecule has 0 aliphatic rings. The quantitative estimate of drug-likeness (QED) is 0.653. The number of rotatable bonds is 3. The van der Waals surface area contributed by atoms with Gasteiger partial charge in [0.25, 0.3) is 5.91 Å². The van der Waals surface area contributed by atoms with Gasteiger partial charge < -0.3 is 10.4 Å². The molecule has 2 aromatic heterocycles. The number of aromatic nitrogens is 2. The number of hydrogen-bond acceptors (Lipinski definition) is 3. The Morgan fingerprint density at radius 3 is 2.65 bits per heavy atom. The number of benzene rings is 1. The Morgan fingerprint density at radius 2 is 2.04 bits per heavy atom. The second-order valence-corrected chi connectivity index (χ2v) is 5.91. The molecule has 0 aliphatic heterocycles. The van der Waals surface area contributed by atoms with Crippen LogP contribution in [0.25, 0.3) is 5.65 Å². The van der Waals surface area contributed by atoms with Gasteiger partial charge in [0, 0.05) is 6.20 Å². The van der Waals surface area contributed by atoms with Crippen LogP contribution in [-0.4, -0.2) is 20.4 Å². The van der Waals surface area contributed by atoms with E-state index in [1.54, 1.807) is 19.1 Å². The number of phenolic OH excluding ortho intramolecular Hbond substituents is 1. The monoisotopic (exact) mass is 383 g/mol. The highest BCUT2D eigenvalue weighted by atomic mass is 35.5. The minimum Gasteiger partial charge on any atom is -0.506 e. The minimum atomic E-state index is -4.63. The maximum absolute atomic E-state index is 13.1. The SMILES string of the molecule is CCc1nc2c(Cl)cc(C(F)(F)F)cn2c1C(=O)Nc1ccccc1O. The summed E-state index contributed by atoms with van der Waals surface area (Å²) in [5.41, 5.74) is -0.587. The average Bonchev–Trinajstić information content (AvgIpc) is 2.95. The predicted octanol–water partition coefficient (Wildman–Crippen LogP) is 4.53. The van der Waals surface area contributed by atoms with E-state index < -0.39 is 17.6 Å². The number of carbonyl (C=O) groups excluding carboxylic acids is 1. The van der Waals surface area contributed by atoms with Crippen LogP contribution in [0.1, 0.15) is 28.7 Å². The second kappa shape index (κ2) is 6.53. The van der Waals surface area contributed by atoms with Crippen LogP contribution in [0.3, 0.4) is 0 Å². The third kappa shape index (κ3) is 3.20. The molecule has 0 atom stereocenters. The number of fused-ring (bicyclic) bond motifs is 1. The Hall–Kier alpha value is -2.74. The number of halogens is 4. The molecule has 0 radical (unpaired) electrons. The van der Waals surface area contributed by atoms with Crippen LogP contribution in [-0.2, 0) is 12.6 Å². The number of aryl methyl sites for hydroxylation is 1. The van der Waals surface area contributed by atoms with E-state index in [0.717, 1.165) is 16.7 Å². The minimum absolute atomic E-state index is 0.0546. The Labute approximate surface area is 151 Å². The number of imidazole rings is 1. The molecule has 2 heterocycles. The third-order valence-electron chi connectivity index (χ3n) is 3.78. The predicted molar refractivity (Wildman–Crippen MR) is 90.6 cm³/mol. The molecule has 0 spiro atoms. The zero-order valence-corrected chi connectivity index (χ0v) is 14.2. The normalized spacial score (nSPS) is 11.7. The van der Waals surface area contributed by atoms with Crippen LogP contribution >= 0.6 is 11.6 Å². The molecule has 3 rings (SSSR count). The van der Waals surface area contributed by atoms with E-state index >= 15 is 0 Å². The van der Waals surface area contributed by atoms with E-state index in [1.807, 2.05) is 0 Å². The summed E-state index contributed by atoms with van der Waals surface area (Å²) < 4.78 is 40.3. The first-order valence-corrected chi connectivity index (χ1v) is 7.97. The zero-order valence-electron chi connectivity index (χ0n) is 13.4. The first-order chi connectivity index (χ1) is 12.2. The number of nitrogens with zero attached hydrogens (tertiary/aromatic N) is 2. The van der Waals surface area contributed by atoms with Crippen molar-refractivity contribution in [1.82, 2.24) is 9.38 Å². The van der Waals surface area contributed by atoms with Crippen molar-refractivity contribution in [1.29, 1.82) is 0 Å². The van der Waals surface area contributed by atoms with Gasteiger partial charge in [0.15, 0.2) is 5.65 Å². The Kier molecular flexibility index (Phi) is 4.53. The molecular weight excluding hydrogens is 371 g/mol. The molecule has 5 nitrogen and oxygen atoms in total. The highest BCUT2D eigenvalue weighted by Crippen LogP contribution is 2.33. The van der Waals surface area contributed by atoms with Crippen LogP contribution in [0, 0.1) is 0 Å². The molecule has 26 heavy (non-hydrogen) atoms. The smallest absolute Gasteiger partial charge is 0.417 e. The van der Waals surface area contributed by atoms with Crippen LogP contribution in [0.2, 0.25) is 5.02 Å². The summed E-state index contributed by atoms with van der Waals surface area (Å²) >= 11 is 5.95. The number of phenols is 1. The second-order valence-electron chi connectivity index (χ2n) is 5.50. The van der Waals surface area contributed by atoms with Crippen molar-refractivity contribution in [3.63, 3.8) is 0 Å². The molecule has 0 saturated carbocycles. The lowest BCUT2D eigenvalue weighted by atomic mass is 10.2. The summed E-state index contributed by atoms with van der Waals surface area (Å²) in [4.78, 5) is 16.9. The molecule has 1 aromatic carbocycles. The van der Waals surface area contributed by atoms with E-state index in [-0.39, 0.29) is 27.8 Å². The van der Waals surface area contributed by atoms with Gasteiger partial charge in [-0.25, -0.2) is 4.98 Å². The van der Waals surface area contributed by atoms with Gasteiger partial charge >= 0.3 is 6.18 Å². The molecule has 1 amide bonds. The van der Waals surface area contributed by atoms with Crippen molar-refractivity contribution in [2.45, 2.75) is 19.5 Å². The Balaban J connectivity index is 2.16. The first kappa shape index (κ1) is 18.1. The van der Waals surface area contributed by atoms with Gasteiger partial charge in [0.2, 0.25) is 0 Å². The summed E-state index contributed by atoms with van der Waals surface area (Å²) in [5.74, 6) is -0.868. The maximum Gasteiger partial charge on any atom is 0.417 e. The molecule has 0 unspecified atom stereocenters. The van der Waals surface area contributed by atoms with Gasteiger partial charge in [0.1, 0.15) is 11.4 Å². The zero-order chi connectivity index (χ0) is 19.1. The fourth-order valence-electron chi connectivity index (χ4n) is 2.55. The highest BCUT2D eigenvalue weighted by molar-refractivity contribution is 6.33. The Morgan fingerprint density at radius 1 is 1.35 bits per heavy atom. The molecule has 0 bridgehead atoms. The molecule has 3 aromatic rings. The number of anilines is 1. The summed E-state index contributed by atoms with van der Waals surface area (Å²) in [6.07, 6.45) is -3.53. The van der Waals surface area contributed by atoms with Crippen LogP contribution in [0.4, 0.5) is 18.9 Å². The molecular formula is C17H13ClF3N3O2. The van der Waals surface area contributed by atoms with Crippen molar-refractivity contribution in [3.05, 3.63) is 58.5 Å². The average molecular weight is 384 g/mol. The molecule has 9 heteroatoms. The van der Waals surface area contributed by atoms with E-state index in [2.05, 4.69) is 10.3 Å². The summed E-state index contributed by atoms with van der Waals surface area (Å²) in [5, 5.41) is 12.1. The topological polar surface area (TPSA) is 66.6 Å². The standard InChI is InChI=1S/C17H13ClF3N3O2/c1-2-11-14(16(26)23-12-5-3-4-6-13(12)25)24-8-9(17(19,20)21)7-10(18)15(24)22-11/h3-8,25H,2H2,1H3,(H,23,26). The van der Waals surface area contributed by atoms with Gasteiger partial charge in [-0.1, -0.05) is 30.7 Å². The largest absolute Gasteiger partial charge is 0.506 e. The summed E-state index contributed by atoms with van der Waals surface area (Å²) in [6.45, 7) is 1.72. The number of hydrogen-bond donors (Lipinski definition) is 2. The van der Waals surface area contributed by atoms with Crippen LogP contribution < -0.4 is 5.32 Å². The fourth-order valence-corrected chi connectivity index (χ4v) is 2.80. The number of para-hydroxylation sites is 2. The van der Waals surface area contributed by atoms with Crippen molar-refractivity contribution in [2.24, 2.45) is 0 Å². The van der Waals surface area contributed by atoms with E-state index in [4.69, 9.17) is 11.6 Å². The van der Waals surface area contributed by atoms with E-state index in [1.165, 1.54) is 12.1 Å². The number of pyridine rings is 1. The molecule has 0 fully saturated rings. The first-order valence-electron chi connectivity index (χ1n) is 7.59. The fraction of sp³-hybridized carbons (Fsp3) is 0.176. The molecule has 0 aliphatic carbocycles. The van der Waals surface area contributed by atoms with Crippen LogP contribution in [0.5, 0.6) is 5.75 Å². The lowest BCUT2D eigenvalue weighted by Crippen LogP contribution is -2.17. The molecule has 136 valence electrons. The van der Waals surface area contributed by atoms with Crippen molar-refractivity contribution in [2.75, 3.05) is 5.32 Å². The summed E-state index contributed by atoms with van der Waals surface area (Å²) in [7, 11) is 0. The number of aromatic hydroxyl groups is 1. The Bertz CT molecular complexity index is 999. The number of amides is 1. The van der Waals surface area contributed by atoms with Crippen molar-refractivity contribution >= 4 is 28.8 Å². The summed E-state index contributed by atoms with van der Waals surface area (Å²) in [6, 6.07) is 6.79. The van der Waals surface area contributed by atoms with Gasteiger partial charge in [-0.15, -0.1) is 0 Å². The number of carbonyl (C=O) groups is 1. The highest BCUT2D eigenvalue weighted by Gasteiger charge is 2.33. The molecule has 0 saturated heterocycles. The lowest BCUT2D eigenvalue weighted by Gasteiger charge is -2.11. The van der Waals surface area contributed by atoms with Gasteiger partial charge in [-0.2, -0.15) is 13.2 Å². The number of alkyl halides is 3. The molecule has 2 N–H and O–H groups in total. The van der Waals surface area contributed by atoms with Gasteiger partial charge in [0.05, 0.1) is 22.0 Å². The van der Waals surface area contributed by atoms with Gasteiger partial charge in [-0.05, 0) is 24.6 Å². The van der Waals surface area contributed by atoms with Crippen LogP contribution in [0.15, 0.2) is 36.5 Å². The van der Waals surface area contributed by atoms with E-state index in [9.17, 15) is 23.1 Å². The van der Waals surface area contributed by atoms with Crippen molar-refractivity contribution < 1.29 is 23.1 Å². The lowest BCUT2D eigenvalue weighted by molar-refractivity contribution is -0.137. The van der Waals surface area contributed by atoms with Crippen molar-refractivity contribution in [3.8, 4) is 5.75 Å². The van der Waals surface area contributed by atoms with Gasteiger partial charge in [-0.3, -0.25) is 9.20 Å². The maximum atomic E-state index is 13.1. The third-order valence-corrected chi connectivity index (χ3v) is 4.06. The number of nitrogens with one attached hydrogen (secondary N) is 1.